The molecule has 0 aromatic heterocycles. The Balaban J connectivity index is 2.72. The Labute approximate surface area is 81.6 Å². The number of carboxylic acids is 1. The molecular weight excluding hydrogens is 185 g/mol. The Bertz CT molecular complexity index is 328. The number of aliphatic carboxylic acids is 1. The first-order valence-corrected chi connectivity index (χ1v) is 4.38. The summed E-state index contributed by atoms with van der Waals surface area (Å²) < 4.78 is 12.7. The maximum absolute atomic E-state index is 12.7. The zero-order valence-electron chi connectivity index (χ0n) is 7.83. The molecule has 76 valence electrons. The van der Waals surface area contributed by atoms with E-state index in [-0.39, 0.29) is 5.82 Å². The summed E-state index contributed by atoms with van der Waals surface area (Å²) in [4.78, 5) is 10.7. The number of hydrogen-bond acceptors (Lipinski definition) is 2. The highest BCUT2D eigenvalue weighted by Crippen LogP contribution is 2.11. The van der Waals surface area contributed by atoms with E-state index in [1.807, 2.05) is 0 Å². The van der Waals surface area contributed by atoms with Crippen LogP contribution in [0.2, 0.25) is 0 Å². The first-order valence-electron chi connectivity index (χ1n) is 4.38. The summed E-state index contributed by atoms with van der Waals surface area (Å²) in [6, 6.07) is 5.08. The highest BCUT2D eigenvalue weighted by atomic mass is 19.1. The van der Waals surface area contributed by atoms with Crippen molar-refractivity contribution >= 4 is 11.7 Å². The molecule has 1 atom stereocenters. The molecular formula is C10H12FNO2. The minimum absolute atomic E-state index is 0.379. The molecule has 1 rings (SSSR count). The second kappa shape index (κ2) is 4.60. The molecule has 0 saturated carbocycles. The van der Waals surface area contributed by atoms with E-state index in [2.05, 4.69) is 5.32 Å². The Hall–Kier alpha value is -1.58. The van der Waals surface area contributed by atoms with Gasteiger partial charge in [0, 0.05) is 5.69 Å². The molecule has 2 N–H and O–H groups in total. The predicted octanol–water partition coefficient (Wildman–Crippen LogP) is 2.10. The van der Waals surface area contributed by atoms with Gasteiger partial charge in [-0.3, -0.25) is 0 Å². The largest absolute Gasteiger partial charge is 0.480 e. The molecule has 0 aliphatic carbocycles. The fourth-order valence-electron chi connectivity index (χ4n) is 1.12. The fraction of sp³-hybridized carbons (Fsp3) is 0.300. The van der Waals surface area contributed by atoms with Gasteiger partial charge in [0.15, 0.2) is 0 Å². The Kier molecular flexibility index (Phi) is 3.45. The average Bonchev–Trinajstić information content (AvgIpc) is 2.14. The van der Waals surface area contributed by atoms with Gasteiger partial charge in [-0.2, -0.15) is 0 Å². The number of halogens is 1. The third-order valence-corrected chi connectivity index (χ3v) is 1.87. The van der Waals surface area contributed by atoms with Crippen LogP contribution in [0, 0.1) is 5.82 Å². The maximum Gasteiger partial charge on any atom is 0.326 e. The molecule has 14 heavy (non-hydrogen) atoms. The second-order valence-corrected chi connectivity index (χ2v) is 2.95. The van der Waals surface area contributed by atoms with Crippen molar-refractivity contribution in [2.75, 3.05) is 5.32 Å². The van der Waals surface area contributed by atoms with Crippen molar-refractivity contribution in [3.05, 3.63) is 30.1 Å². The van der Waals surface area contributed by atoms with Gasteiger partial charge >= 0.3 is 5.97 Å². The normalized spacial score (nSPS) is 12.1. The summed E-state index contributed by atoms with van der Waals surface area (Å²) >= 11 is 0. The number of nitrogens with one attached hydrogen (secondary N) is 1. The lowest BCUT2D eigenvalue weighted by Crippen LogP contribution is -2.28. The number of benzene rings is 1. The summed E-state index contributed by atoms with van der Waals surface area (Å²) in [5.41, 5.74) is 0.485. The molecule has 1 aromatic rings. The van der Waals surface area contributed by atoms with Gasteiger partial charge in [-0.15, -0.1) is 0 Å². The van der Waals surface area contributed by atoms with E-state index < -0.39 is 12.0 Å². The van der Waals surface area contributed by atoms with E-state index in [4.69, 9.17) is 5.11 Å². The van der Waals surface area contributed by atoms with Crippen molar-refractivity contribution in [3.8, 4) is 0 Å². The van der Waals surface area contributed by atoms with E-state index in [1.165, 1.54) is 18.2 Å². The molecule has 3 nitrogen and oxygen atoms in total. The molecule has 0 aliphatic rings. The minimum atomic E-state index is -0.934. The Morgan fingerprint density at radius 2 is 2.36 bits per heavy atom. The van der Waals surface area contributed by atoms with Crippen molar-refractivity contribution in [1.29, 1.82) is 0 Å². The van der Waals surface area contributed by atoms with Gasteiger partial charge in [-0.1, -0.05) is 13.0 Å². The van der Waals surface area contributed by atoms with Crippen LogP contribution in [0.5, 0.6) is 0 Å². The zero-order valence-corrected chi connectivity index (χ0v) is 7.83. The van der Waals surface area contributed by atoms with Crippen LogP contribution >= 0.6 is 0 Å². The Morgan fingerprint density at radius 1 is 1.64 bits per heavy atom. The number of hydrogen-bond donors (Lipinski definition) is 2. The molecule has 0 fully saturated rings. The van der Waals surface area contributed by atoms with Gasteiger partial charge in [-0.25, -0.2) is 9.18 Å². The molecule has 4 heteroatoms. The first-order chi connectivity index (χ1) is 6.63. The van der Waals surface area contributed by atoms with Crippen LogP contribution in [0.3, 0.4) is 0 Å². The summed E-state index contributed by atoms with van der Waals surface area (Å²) in [6.45, 7) is 1.76. The predicted molar refractivity (Wildman–Crippen MR) is 51.7 cm³/mol. The van der Waals surface area contributed by atoms with Gasteiger partial charge in [-0.05, 0) is 24.6 Å². The van der Waals surface area contributed by atoms with E-state index in [1.54, 1.807) is 13.0 Å². The van der Waals surface area contributed by atoms with Gasteiger partial charge in [0.2, 0.25) is 0 Å². The SMILES string of the molecule is CCC(Nc1cccc(F)c1)C(=O)O. The highest BCUT2D eigenvalue weighted by Gasteiger charge is 2.13. The third kappa shape index (κ3) is 2.73. The quantitative estimate of drug-likeness (QED) is 0.777. The molecule has 0 aliphatic heterocycles. The zero-order chi connectivity index (χ0) is 10.6. The number of carboxylic acid groups (broad SMARTS) is 1. The monoisotopic (exact) mass is 197 g/mol. The van der Waals surface area contributed by atoms with Gasteiger partial charge in [0.05, 0.1) is 0 Å². The molecule has 1 aromatic carbocycles. The van der Waals surface area contributed by atoms with Crippen LogP contribution in [0.4, 0.5) is 10.1 Å². The van der Waals surface area contributed by atoms with Crippen LogP contribution < -0.4 is 5.32 Å². The minimum Gasteiger partial charge on any atom is -0.480 e. The van der Waals surface area contributed by atoms with Crippen molar-refractivity contribution in [1.82, 2.24) is 0 Å². The molecule has 0 heterocycles. The van der Waals surface area contributed by atoms with Crippen LogP contribution in [-0.2, 0) is 4.79 Å². The third-order valence-electron chi connectivity index (χ3n) is 1.87. The van der Waals surface area contributed by atoms with E-state index in [9.17, 15) is 9.18 Å². The maximum atomic E-state index is 12.7. The topological polar surface area (TPSA) is 49.3 Å². The highest BCUT2D eigenvalue weighted by molar-refractivity contribution is 5.77. The van der Waals surface area contributed by atoms with E-state index in [0.717, 1.165) is 0 Å². The van der Waals surface area contributed by atoms with Gasteiger partial charge < -0.3 is 10.4 Å². The molecule has 0 radical (unpaired) electrons. The fourth-order valence-corrected chi connectivity index (χ4v) is 1.12. The number of anilines is 1. The standard InChI is InChI=1S/C10H12FNO2/c1-2-9(10(13)14)12-8-5-3-4-7(11)6-8/h3-6,9,12H,2H2,1H3,(H,13,14). The molecule has 0 bridgehead atoms. The summed E-state index contributed by atoms with van der Waals surface area (Å²) in [5.74, 6) is -1.31. The molecule has 1 unspecified atom stereocenters. The summed E-state index contributed by atoms with van der Waals surface area (Å²) in [6.07, 6.45) is 0.450. The first kappa shape index (κ1) is 10.5. The van der Waals surface area contributed by atoms with Crippen LogP contribution in [0.1, 0.15) is 13.3 Å². The average molecular weight is 197 g/mol. The Morgan fingerprint density at radius 3 is 2.86 bits per heavy atom. The molecule has 0 saturated heterocycles. The van der Waals surface area contributed by atoms with Crippen molar-refractivity contribution in [3.63, 3.8) is 0 Å². The summed E-state index contributed by atoms with van der Waals surface area (Å²) in [7, 11) is 0. The number of rotatable bonds is 4. The van der Waals surface area contributed by atoms with Gasteiger partial charge in [0.25, 0.3) is 0 Å². The van der Waals surface area contributed by atoms with Crippen LogP contribution in [0.15, 0.2) is 24.3 Å². The van der Waals surface area contributed by atoms with Crippen molar-refractivity contribution < 1.29 is 14.3 Å². The molecule has 0 amide bonds. The second-order valence-electron chi connectivity index (χ2n) is 2.95. The lowest BCUT2D eigenvalue weighted by Gasteiger charge is -2.13. The van der Waals surface area contributed by atoms with Crippen molar-refractivity contribution in [2.24, 2.45) is 0 Å². The van der Waals surface area contributed by atoms with Gasteiger partial charge in [0.1, 0.15) is 11.9 Å². The lowest BCUT2D eigenvalue weighted by molar-refractivity contribution is -0.137. The smallest absolute Gasteiger partial charge is 0.326 e. The van der Waals surface area contributed by atoms with E-state index >= 15 is 0 Å². The van der Waals surface area contributed by atoms with E-state index in [0.29, 0.717) is 12.1 Å². The summed E-state index contributed by atoms with van der Waals surface area (Å²) in [5, 5.41) is 11.5. The van der Waals surface area contributed by atoms with Crippen LogP contribution in [-0.4, -0.2) is 17.1 Å². The van der Waals surface area contributed by atoms with Crippen LogP contribution in [0.25, 0.3) is 0 Å². The van der Waals surface area contributed by atoms with Crippen molar-refractivity contribution in [2.45, 2.75) is 19.4 Å². The lowest BCUT2D eigenvalue weighted by atomic mass is 10.2. The number of carbonyl (C=O) groups is 1. The molecule has 0 spiro atoms.